The van der Waals surface area contributed by atoms with Gasteiger partial charge in [0, 0.05) is 0 Å². The molecule has 0 N–H and O–H groups in total. The molecule has 0 aliphatic rings. The molecule has 0 amide bonds. The molecule has 0 heterocycles. The van der Waals surface area contributed by atoms with Crippen molar-refractivity contribution in [3.63, 3.8) is 0 Å². The standard InChI is InChI=1S/C9H11F3/c1-4-5-8(6-7(2)3)9(10,11)12/h4-6H,1H2,2-3H3. The second-order valence-electron chi connectivity index (χ2n) is 2.58. The van der Waals surface area contributed by atoms with Crippen molar-refractivity contribution in [2.45, 2.75) is 20.0 Å². The topological polar surface area (TPSA) is 0 Å². The van der Waals surface area contributed by atoms with Crippen molar-refractivity contribution in [3.05, 3.63) is 36.0 Å². The monoisotopic (exact) mass is 176 g/mol. The van der Waals surface area contributed by atoms with Crippen LogP contribution in [0.5, 0.6) is 0 Å². The average Bonchev–Trinajstić information content (AvgIpc) is 1.83. The molecule has 0 radical (unpaired) electrons. The van der Waals surface area contributed by atoms with Crippen LogP contribution >= 0.6 is 0 Å². The molecule has 12 heavy (non-hydrogen) atoms. The number of hydrogen-bond acceptors (Lipinski definition) is 0. The van der Waals surface area contributed by atoms with Gasteiger partial charge in [-0.25, -0.2) is 0 Å². The highest BCUT2D eigenvalue weighted by molar-refractivity contribution is 5.29. The van der Waals surface area contributed by atoms with Gasteiger partial charge in [0.1, 0.15) is 0 Å². The van der Waals surface area contributed by atoms with Crippen molar-refractivity contribution < 1.29 is 13.2 Å². The summed E-state index contributed by atoms with van der Waals surface area (Å²) in [7, 11) is 0. The maximum Gasteiger partial charge on any atom is 0.416 e. The molecule has 0 spiro atoms. The van der Waals surface area contributed by atoms with Crippen LogP contribution in [-0.4, -0.2) is 6.18 Å². The summed E-state index contributed by atoms with van der Waals surface area (Å²) in [5.41, 5.74) is -0.0575. The first-order valence-electron chi connectivity index (χ1n) is 3.42. The van der Waals surface area contributed by atoms with Crippen LogP contribution in [0.1, 0.15) is 13.8 Å². The molecule has 0 rings (SSSR count). The Morgan fingerprint density at radius 2 is 1.75 bits per heavy atom. The van der Waals surface area contributed by atoms with Gasteiger partial charge in [0.2, 0.25) is 0 Å². The van der Waals surface area contributed by atoms with Gasteiger partial charge >= 0.3 is 6.18 Å². The third-order valence-electron chi connectivity index (χ3n) is 1.07. The molecule has 0 unspecified atom stereocenters. The Bertz CT molecular complexity index is 214. The van der Waals surface area contributed by atoms with E-state index in [0.29, 0.717) is 5.57 Å². The third kappa shape index (κ3) is 4.01. The molecule has 0 saturated heterocycles. The van der Waals surface area contributed by atoms with Crippen LogP contribution in [0.2, 0.25) is 0 Å². The van der Waals surface area contributed by atoms with Gasteiger partial charge in [-0.1, -0.05) is 30.4 Å². The van der Waals surface area contributed by atoms with E-state index in [1.165, 1.54) is 0 Å². The van der Waals surface area contributed by atoms with E-state index in [4.69, 9.17) is 0 Å². The fourth-order valence-corrected chi connectivity index (χ4v) is 0.662. The van der Waals surface area contributed by atoms with E-state index in [1.54, 1.807) is 13.8 Å². The molecule has 0 aromatic carbocycles. The Morgan fingerprint density at radius 3 is 2.00 bits per heavy atom. The van der Waals surface area contributed by atoms with Crippen LogP contribution in [0, 0.1) is 0 Å². The molecular weight excluding hydrogens is 165 g/mol. The molecule has 0 nitrogen and oxygen atoms in total. The third-order valence-corrected chi connectivity index (χ3v) is 1.07. The number of hydrogen-bond donors (Lipinski definition) is 0. The summed E-state index contributed by atoms with van der Waals surface area (Å²) in [6.07, 6.45) is -1.12. The van der Waals surface area contributed by atoms with Gasteiger partial charge in [-0.2, -0.15) is 13.2 Å². The zero-order valence-corrected chi connectivity index (χ0v) is 7.07. The molecule has 0 saturated carbocycles. The van der Waals surface area contributed by atoms with Crippen molar-refractivity contribution in [3.8, 4) is 0 Å². The molecule has 68 valence electrons. The number of alkyl halides is 3. The number of halogens is 3. The highest BCUT2D eigenvalue weighted by Gasteiger charge is 2.31. The highest BCUT2D eigenvalue weighted by Crippen LogP contribution is 2.27. The molecule has 0 aromatic rings. The molecule has 0 aromatic heterocycles. The van der Waals surface area contributed by atoms with E-state index >= 15 is 0 Å². The largest absolute Gasteiger partial charge is 0.416 e. The summed E-state index contributed by atoms with van der Waals surface area (Å²) in [6, 6.07) is 0. The summed E-state index contributed by atoms with van der Waals surface area (Å²) in [5.74, 6) is 0. The summed E-state index contributed by atoms with van der Waals surface area (Å²) < 4.78 is 36.3. The molecule has 0 atom stereocenters. The Balaban J connectivity index is 4.82. The van der Waals surface area contributed by atoms with E-state index in [2.05, 4.69) is 6.58 Å². The van der Waals surface area contributed by atoms with Crippen LogP contribution in [0.3, 0.4) is 0 Å². The normalized spacial score (nSPS) is 12.6. The first-order chi connectivity index (χ1) is 5.38. The van der Waals surface area contributed by atoms with E-state index in [9.17, 15) is 13.2 Å². The predicted octanol–water partition coefficient (Wildman–Crippen LogP) is 3.63. The lowest BCUT2D eigenvalue weighted by atomic mass is 10.1. The maximum atomic E-state index is 12.1. The van der Waals surface area contributed by atoms with E-state index in [1.807, 2.05) is 0 Å². The minimum Gasteiger partial charge on any atom is -0.166 e. The van der Waals surface area contributed by atoms with E-state index in [0.717, 1.165) is 18.2 Å². The zero-order valence-electron chi connectivity index (χ0n) is 7.07. The Labute approximate surface area is 70.1 Å². The smallest absolute Gasteiger partial charge is 0.166 e. The molecule has 0 bridgehead atoms. The van der Waals surface area contributed by atoms with Gasteiger partial charge in [-0.3, -0.25) is 0 Å². The second-order valence-corrected chi connectivity index (χ2v) is 2.58. The molecule has 3 heteroatoms. The molecule has 0 fully saturated rings. The van der Waals surface area contributed by atoms with E-state index < -0.39 is 11.7 Å². The van der Waals surface area contributed by atoms with Gasteiger partial charge in [-0.05, 0) is 13.8 Å². The van der Waals surface area contributed by atoms with Crippen LogP contribution in [0.15, 0.2) is 36.0 Å². The lowest BCUT2D eigenvalue weighted by Gasteiger charge is -2.06. The van der Waals surface area contributed by atoms with Crippen molar-refractivity contribution in [2.24, 2.45) is 0 Å². The average molecular weight is 176 g/mol. The van der Waals surface area contributed by atoms with Crippen LogP contribution in [-0.2, 0) is 0 Å². The summed E-state index contributed by atoms with van der Waals surface area (Å²) in [6.45, 7) is 6.44. The summed E-state index contributed by atoms with van der Waals surface area (Å²) in [5, 5.41) is 0. The number of rotatable bonds is 2. The van der Waals surface area contributed by atoms with Crippen molar-refractivity contribution in [1.82, 2.24) is 0 Å². The highest BCUT2D eigenvalue weighted by atomic mass is 19.4. The van der Waals surface area contributed by atoms with Crippen LogP contribution < -0.4 is 0 Å². The molecule has 0 aliphatic carbocycles. The summed E-state index contributed by atoms with van der Waals surface area (Å²) >= 11 is 0. The van der Waals surface area contributed by atoms with Crippen molar-refractivity contribution >= 4 is 0 Å². The Morgan fingerprint density at radius 1 is 1.25 bits per heavy atom. The van der Waals surface area contributed by atoms with Gasteiger partial charge in [-0.15, -0.1) is 0 Å². The van der Waals surface area contributed by atoms with Gasteiger partial charge < -0.3 is 0 Å². The maximum absolute atomic E-state index is 12.1. The fourth-order valence-electron chi connectivity index (χ4n) is 0.662. The van der Waals surface area contributed by atoms with Crippen molar-refractivity contribution in [1.29, 1.82) is 0 Å². The molecular formula is C9H11F3. The second kappa shape index (κ2) is 4.14. The SMILES string of the molecule is C=CC=C(C=C(C)C)C(F)(F)F. The Kier molecular flexibility index (Phi) is 3.80. The summed E-state index contributed by atoms with van der Waals surface area (Å²) in [4.78, 5) is 0. The quantitative estimate of drug-likeness (QED) is 0.563. The van der Waals surface area contributed by atoms with E-state index in [-0.39, 0.29) is 0 Å². The van der Waals surface area contributed by atoms with Crippen LogP contribution in [0.4, 0.5) is 13.2 Å². The van der Waals surface area contributed by atoms with Crippen molar-refractivity contribution in [2.75, 3.05) is 0 Å². The first kappa shape index (κ1) is 11.0. The fraction of sp³-hybridized carbons (Fsp3) is 0.333. The predicted molar refractivity (Wildman–Crippen MR) is 43.8 cm³/mol. The first-order valence-corrected chi connectivity index (χ1v) is 3.42. The van der Waals surface area contributed by atoms with Gasteiger partial charge in [0.25, 0.3) is 0 Å². The zero-order chi connectivity index (χ0) is 9.78. The number of allylic oxidation sites excluding steroid dienone is 5. The van der Waals surface area contributed by atoms with Gasteiger partial charge in [0.05, 0.1) is 5.57 Å². The lowest BCUT2D eigenvalue weighted by Crippen LogP contribution is -2.09. The molecule has 0 aliphatic heterocycles. The minimum absolute atomic E-state index is 0.612. The van der Waals surface area contributed by atoms with Crippen LogP contribution in [0.25, 0.3) is 0 Å². The van der Waals surface area contributed by atoms with Gasteiger partial charge in [0.15, 0.2) is 0 Å². The Hall–Kier alpha value is -0.990. The minimum atomic E-state index is -4.29. The lowest BCUT2D eigenvalue weighted by molar-refractivity contribution is -0.0882.